The summed E-state index contributed by atoms with van der Waals surface area (Å²) >= 11 is 19.2. The minimum absolute atomic E-state index is 1.23. The summed E-state index contributed by atoms with van der Waals surface area (Å²) in [6.07, 6.45) is 2.59. The van der Waals surface area contributed by atoms with E-state index in [4.69, 9.17) is 0 Å². The normalized spacial score (nSPS) is 22.2. The van der Waals surface area contributed by atoms with Crippen LogP contribution in [-0.2, 0) is 0 Å². The number of thioether (sulfide) groups is 10. The lowest BCUT2D eigenvalue weighted by Gasteiger charge is -2.04. The molecule has 0 saturated carbocycles. The average Bonchev–Trinajstić information content (AvgIpc) is 3.45. The molecule has 0 aromatic heterocycles. The molecular weight excluding hydrogens is 513 g/mol. The molecule has 0 saturated heterocycles. The van der Waals surface area contributed by atoms with Gasteiger partial charge < -0.3 is 0 Å². The summed E-state index contributed by atoms with van der Waals surface area (Å²) in [5, 5.41) is 13.4. The molecule has 138 valence electrons. The summed E-state index contributed by atoms with van der Waals surface area (Å²) < 4.78 is 8.76. The van der Waals surface area contributed by atoms with Gasteiger partial charge in [0.1, 0.15) is 0 Å². The molecule has 10 heteroatoms. The molecule has 26 heavy (non-hydrogen) atoms. The van der Waals surface area contributed by atoms with Crippen molar-refractivity contribution >= 4 is 118 Å². The molecular formula is C16H14S10. The van der Waals surface area contributed by atoms with Crippen LogP contribution in [0.2, 0.25) is 0 Å². The Bertz CT molecular complexity index is 645. The van der Waals surface area contributed by atoms with Crippen molar-refractivity contribution in [1.82, 2.24) is 0 Å². The molecule has 4 heterocycles. The molecule has 0 unspecified atom stereocenters. The van der Waals surface area contributed by atoms with Crippen LogP contribution in [0.4, 0.5) is 0 Å². The topological polar surface area (TPSA) is 0 Å². The van der Waals surface area contributed by atoms with Gasteiger partial charge in [-0.1, -0.05) is 94.1 Å². The zero-order chi connectivity index (χ0) is 17.6. The van der Waals surface area contributed by atoms with Crippen molar-refractivity contribution < 1.29 is 0 Å². The van der Waals surface area contributed by atoms with Crippen LogP contribution in [0.15, 0.2) is 57.9 Å². The number of unbranched alkanes of at least 4 members (excludes halogenated alkanes) is 1. The highest BCUT2D eigenvalue weighted by Gasteiger charge is 2.20. The van der Waals surface area contributed by atoms with E-state index in [0.717, 1.165) is 0 Å². The zero-order valence-electron chi connectivity index (χ0n) is 13.4. The molecule has 0 fully saturated rings. The van der Waals surface area contributed by atoms with Crippen molar-refractivity contribution in [2.75, 3.05) is 11.5 Å². The summed E-state index contributed by atoms with van der Waals surface area (Å²) in [5.41, 5.74) is 0. The van der Waals surface area contributed by atoms with Crippen LogP contribution >= 0.6 is 118 Å². The van der Waals surface area contributed by atoms with Gasteiger partial charge in [0.2, 0.25) is 0 Å². The fourth-order valence-corrected chi connectivity index (χ4v) is 13.8. The second-order valence-electron chi connectivity index (χ2n) is 4.88. The van der Waals surface area contributed by atoms with Gasteiger partial charge in [0.25, 0.3) is 0 Å². The molecule has 0 N–H and O–H groups in total. The molecule has 0 bridgehead atoms. The lowest BCUT2D eigenvalue weighted by molar-refractivity contribution is 0.910. The molecule has 4 aliphatic rings. The van der Waals surface area contributed by atoms with E-state index >= 15 is 0 Å². The Labute approximate surface area is 197 Å². The predicted molar refractivity (Wildman–Crippen MR) is 143 cm³/mol. The first-order valence-corrected chi connectivity index (χ1v) is 16.6. The third-order valence-electron chi connectivity index (χ3n) is 3.08. The Morgan fingerprint density at radius 2 is 0.962 bits per heavy atom. The summed E-state index contributed by atoms with van der Waals surface area (Å²) in [7, 11) is 0. The van der Waals surface area contributed by atoms with Gasteiger partial charge in [-0.3, -0.25) is 0 Å². The van der Waals surface area contributed by atoms with Gasteiger partial charge in [-0.25, -0.2) is 0 Å². The van der Waals surface area contributed by atoms with Crippen molar-refractivity contribution in [2.45, 2.75) is 12.8 Å². The van der Waals surface area contributed by atoms with E-state index in [-0.39, 0.29) is 0 Å². The zero-order valence-corrected chi connectivity index (χ0v) is 21.5. The summed E-state index contributed by atoms with van der Waals surface area (Å²) in [4.78, 5) is 0. The SMILES string of the molecule is C1=CSC(=C2SC=C(SCCCCSC3=CSC(=C4SC=CS4)S3)S2)S1. The fourth-order valence-electron chi connectivity index (χ4n) is 1.94. The van der Waals surface area contributed by atoms with Crippen molar-refractivity contribution in [2.24, 2.45) is 0 Å². The Morgan fingerprint density at radius 3 is 1.38 bits per heavy atom. The molecule has 0 aromatic carbocycles. The van der Waals surface area contributed by atoms with E-state index in [9.17, 15) is 0 Å². The minimum Gasteiger partial charge on any atom is -0.118 e. The highest BCUT2D eigenvalue weighted by Crippen LogP contribution is 2.56. The van der Waals surface area contributed by atoms with Crippen molar-refractivity contribution in [1.29, 1.82) is 0 Å². The largest absolute Gasteiger partial charge is 0.118 e. The van der Waals surface area contributed by atoms with Crippen LogP contribution in [0.3, 0.4) is 0 Å². The summed E-state index contributed by atoms with van der Waals surface area (Å²) in [5.74, 6) is 2.46. The van der Waals surface area contributed by atoms with Crippen LogP contribution in [-0.4, -0.2) is 11.5 Å². The maximum atomic E-state index is 2.33. The Balaban J connectivity index is 1.07. The van der Waals surface area contributed by atoms with Gasteiger partial charge >= 0.3 is 0 Å². The average molecular weight is 527 g/mol. The highest BCUT2D eigenvalue weighted by atomic mass is 32.2. The van der Waals surface area contributed by atoms with Gasteiger partial charge in [-0.05, 0) is 56.8 Å². The first-order chi connectivity index (χ1) is 12.9. The van der Waals surface area contributed by atoms with E-state index in [1.165, 1.54) is 49.8 Å². The van der Waals surface area contributed by atoms with Gasteiger partial charge in [-0.15, -0.1) is 23.5 Å². The van der Waals surface area contributed by atoms with Crippen LogP contribution in [0, 0.1) is 0 Å². The van der Waals surface area contributed by atoms with E-state index in [1.54, 1.807) is 0 Å². The molecule has 0 atom stereocenters. The fraction of sp³-hybridized carbons (Fsp3) is 0.250. The second kappa shape index (κ2) is 11.4. The van der Waals surface area contributed by atoms with E-state index in [2.05, 4.69) is 32.4 Å². The van der Waals surface area contributed by atoms with Crippen molar-refractivity contribution in [3.8, 4) is 0 Å². The molecule has 0 aliphatic carbocycles. The number of rotatable bonds is 7. The van der Waals surface area contributed by atoms with Gasteiger partial charge in [-0.2, -0.15) is 0 Å². The third-order valence-corrected chi connectivity index (χ3v) is 16.0. The number of hydrogen-bond donors (Lipinski definition) is 0. The summed E-state index contributed by atoms with van der Waals surface area (Å²) in [6, 6.07) is 0. The highest BCUT2D eigenvalue weighted by molar-refractivity contribution is 8.38. The maximum Gasteiger partial charge on any atom is 0.0705 e. The van der Waals surface area contributed by atoms with Crippen LogP contribution < -0.4 is 0 Å². The first kappa shape index (κ1) is 21.2. The van der Waals surface area contributed by atoms with Gasteiger partial charge in [0.05, 0.1) is 25.4 Å². The molecule has 0 radical (unpaired) electrons. The maximum absolute atomic E-state index is 2.33. The Kier molecular flexibility index (Phi) is 9.26. The van der Waals surface area contributed by atoms with Crippen molar-refractivity contribution in [3.63, 3.8) is 0 Å². The molecule has 4 aliphatic heterocycles. The monoisotopic (exact) mass is 526 g/mol. The minimum atomic E-state index is 1.23. The van der Waals surface area contributed by atoms with E-state index in [1.807, 2.05) is 118 Å². The van der Waals surface area contributed by atoms with Crippen LogP contribution in [0.5, 0.6) is 0 Å². The smallest absolute Gasteiger partial charge is 0.0705 e. The molecule has 4 rings (SSSR count). The number of hydrogen-bond acceptors (Lipinski definition) is 10. The standard InChI is InChI=1S/C16H14S10/c1(3-17-11-9-23-15(25-11)13-19-5-6-20-13)2-4-18-12-10-24-16(26-12)14-21-7-8-22-14/h5-10H,1-4H2. The second-order valence-corrected chi connectivity index (χ2v) is 16.2. The molecule has 0 aromatic rings. The lowest BCUT2D eigenvalue weighted by atomic mass is 10.4. The van der Waals surface area contributed by atoms with Gasteiger partial charge in [0.15, 0.2) is 0 Å². The first-order valence-electron chi connectivity index (χ1n) is 7.69. The lowest BCUT2D eigenvalue weighted by Crippen LogP contribution is -1.83. The molecule has 0 nitrogen and oxygen atoms in total. The predicted octanol–water partition coefficient (Wildman–Crippen LogP) is 9.95. The Hall–Kier alpha value is 1.94. The quantitative estimate of drug-likeness (QED) is 0.292. The van der Waals surface area contributed by atoms with E-state index in [0.29, 0.717) is 0 Å². The molecule has 0 amide bonds. The van der Waals surface area contributed by atoms with Crippen LogP contribution in [0.25, 0.3) is 0 Å². The van der Waals surface area contributed by atoms with Crippen molar-refractivity contribution in [3.05, 3.63) is 57.9 Å². The van der Waals surface area contributed by atoms with E-state index < -0.39 is 0 Å². The van der Waals surface area contributed by atoms with Crippen LogP contribution in [0.1, 0.15) is 12.8 Å². The van der Waals surface area contributed by atoms with Gasteiger partial charge in [0, 0.05) is 0 Å². The third kappa shape index (κ3) is 6.22. The summed E-state index contributed by atoms with van der Waals surface area (Å²) in [6.45, 7) is 0. The molecule has 0 spiro atoms. The Morgan fingerprint density at radius 1 is 0.538 bits per heavy atom.